The molecule has 0 spiro atoms. The minimum atomic E-state index is -0.802. The molecule has 230 valence electrons. The number of carbonyl (C=O) groups excluding carboxylic acids is 1. The zero-order chi connectivity index (χ0) is 31.6. The van der Waals surface area contributed by atoms with E-state index in [-0.39, 0.29) is 24.4 Å². The van der Waals surface area contributed by atoms with Crippen molar-refractivity contribution in [3.8, 4) is 10.6 Å². The molecule has 1 amide bonds. The molecular formula is C37H30N2O6S. The topological polar surface area (TPSA) is 111 Å². The number of nitrogens with one attached hydrogen (secondary N) is 1. The predicted octanol–water partition coefficient (Wildman–Crippen LogP) is 7.44. The number of thiazole rings is 1. The number of nitrogens with zero attached hydrogens (tertiary/aromatic N) is 1. The molecule has 2 atom stereocenters. The van der Waals surface area contributed by atoms with Crippen LogP contribution in [0, 0.1) is 6.92 Å². The van der Waals surface area contributed by atoms with Crippen LogP contribution in [-0.4, -0.2) is 22.3 Å². The Bertz CT molecular complexity index is 2130. The summed E-state index contributed by atoms with van der Waals surface area (Å²) in [6.07, 6.45) is 2.62. The van der Waals surface area contributed by atoms with Gasteiger partial charge in [0.25, 0.3) is 5.91 Å². The second-order valence-corrected chi connectivity index (χ2v) is 12.3. The van der Waals surface area contributed by atoms with Crippen LogP contribution in [0.25, 0.3) is 31.8 Å². The first kappa shape index (κ1) is 29.6. The molecule has 4 aromatic carbocycles. The number of allylic oxidation sites excluding steroid dienone is 1. The van der Waals surface area contributed by atoms with Crippen LogP contribution in [0.4, 0.5) is 5.69 Å². The van der Waals surface area contributed by atoms with Gasteiger partial charge in [0.2, 0.25) is 6.29 Å². The maximum absolute atomic E-state index is 13.5. The SMILES string of the molecule is Cc1ccc2nc(-c3ccc(NC(=O)C4=C[C@H](c5coc6ccccc6c5=O)C[C@H](OCc5ccc(CO)cc5)O4)cc3)sc2c1. The minimum absolute atomic E-state index is 0.0451. The number of hydrogen-bond donors (Lipinski definition) is 2. The number of hydrogen-bond acceptors (Lipinski definition) is 8. The Morgan fingerprint density at radius 3 is 2.61 bits per heavy atom. The van der Waals surface area contributed by atoms with Crippen molar-refractivity contribution >= 4 is 44.1 Å². The highest BCUT2D eigenvalue weighted by molar-refractivity contribution is 7.21. The first-order chi connectivity index (χ1) is 22.4. The zero-order valence-corrected chi connectivity index (χ0v) is 25.8. The van der Waals surface area contributed by atoms with E-state index in [2.05, 4.69) is 24.4 Å². The molecule has 1 aliphatic rings. The normalized spacial score (nSPS) is 16.3. The van der Waals surface area contributed by atoms with Crippen molar-refractivity contribution in [3.63, 3.8) is 0 Å². The highest BCUT2D eigenvalue weighted by Gasteiger charge is 2.31. The van der Waals surface area contributed by atoms with Crippen LogP contribution in [0.15, 0.2) is 118 Å². The van der Waals surface area contributed by atoms with Crippen molar-refractivity contribution in [3.05, 3.63) is 142 Å². The predicted molar refractivity (Wildman–Crippen MR) is 178 cm³/mol. The van der Waals surface area contributed by atoms with E-state index in [9.17, 15) is 14.7 Å². The van der Waals surface area contributed by atoms with Gasteiger partial charge in [0, 0.05) is 29.2 Å². The fourth-order valence-corrected chi connectivity index (χ4v) is 6.53. The number of aliphatic hydroxyl groups is 1. The Hall–Kier alpha value is -5.09. The summed E-state index contributed by atoms with van der Waals surface area (Å²) in [7, 11) is 0. The van der Waals surface area contributed by atoms with Crippen LogP contribution in [0.1, 0.15) is 34.6 Å². The molecule has 0 saturated carbocycles. The lowest BCUT2D eigenvalue weighted by Gasteiger charge is -2.29. The van der Waals surface area contributed by atoms with E-state index in [1.165, 1.54) is 11.8 Å². The molecule has 6 aromatic rings. The number of rotatable bonds is 8. The summed E-state index contributed by atoms with van der Waals surface area (Å²) < 4.78 is 19.1. The highest BCUT2D eigenvalue weighted by Crippen LogP contribution is 2.33. The Kier molecular flexibility index (Phi) is 8.19. The highest BCUT2D eigenvalue weighted by atomic mass is 32.1. The van der Waals surface area contributed by atoms with Crippen LogP contribution in [0.5, 0.6) is 0 Å². The van der Waals surface area contributed by atoms with Gasteiger partial charge in [-0.15, -0.1) is 11.3 Å². The summed E-state index contributed by atoms with van der Waals surface area (Å²) in [5.74, 6) is -0.892. The number of amides is 1. The van der Waals surface area contributed by atoms with E-state index >= 15 is 0 Å². The molecule has 0 unspecified atom stereocenters. The van der Waals surface area contributed by atoms with Crippen LogP contribution < -0.4 is 10.7 Å². The van der Waals surface area contributed by atoms with Gasteiger partial charge in [-0.3, -0.25) is 9.59 Å². The molecule has 46 heavy (non-hydrogen) atoms. The lowest BCUT2D eigenvalue weighted by atomic mass is 9.93. The molecule has 0 aliphatic carbocycles. The average molecular weight is 631 g/mol. The molecule has 2 N–H and O–H groups in total. The number of fused-ring (bicyclic) bond motifs is 2. The summed E-state index contributed by atoms with van der Waals surface area (Å²) in [6, 6.07) is 28.2. The average Bonchev–Trinajstić information content (AvgIpc) is 3.51. The van der Waals surface area contributed by atoms with Crippen molar-refractivity contribution in [1.29, 1.82) is 0 Å². The van der Waals surface area contributed by atoms with Gasteiger partial charge in [0.1, 0.15) is 10.6 Å². The van der Waals surface area contributed by atoms with Gasteiger partial charge < -0.3 is 24.3 Å². The molecule has 0 fully saturated rings. The van der Waals surface area contributed by atoms with Gasteiger partial charge in [-0.2, -0.15) is 0 Å². The van der Waals surface area contributed by atoms with E-state index in [1.807, 2.05) is 60.7 Å². The van der Waals surface area contributed by atoms with Gasteiger partial charge in [-0.05, 0) is 78.2 Å². The monoisotopic (exact) mass is 630 g/mol. The Morgan fingerprint density at radius 1 is 1.02 bits per heavy atom. The second kappa shape index (κ2) is 12.7. The number of benzene rings is 4. The number of ether oxygens (including phenoxy) is 2. The number of anilines is 1. The van der Waals surface area contributed by atoms with E-state index in [0.717, 1.165) is 31.9 Å². The van der Waals surface area contributed by atoms with Crippen molar-refractivity contribution in [2.24, 2.45) is 0 Å². The summed E-state index contributed by atoms with van der Waals surface area (Å²) in [4.78, 5) is 31.8. The lowest BCUT2D eigenvalue weighted by molar-refractivity contribution is -0.147. The maximum Gasteiger partial charge on any atom is 0.290 e. The van der Waals surface area contributed by atoms with E-state index in [4.69, 9.17) is 18.9 Å². The summed E-state index contributed by atoms with van der Waals surface area (Å²) >= 11 is 1.63. The Balaban J connectivity index is 1.12. The number of aryl methyl sites for hydroxylation is 1. The smallest absolute Gasteiger partial charge is 0.290 e. The van der Waals surface area contributed by atoms with Gasteiger partial charge in [-0.25, -0.2) is 4.98 Å². The third-order valence-corrected chi connectivity index (χ3v) is 9.03. The quantitative estimate of drug-likeness (QED) is 0.180. The molecule has 2 aromatic heterocycles. The molecule has 0 bridgehead atoms. The Labute approximate surface area is 268 Å². The largest absolute Gasteiger partial charge is 0.464 e. The van der Waals surface area contributed by atoms with E-state index < -0.39 is 18.1 Å². The van der Waals surface area contributed by atoms with Crippen molar-refractivity contribution < 1.29 is 23.8 Å². The lowest BCUT2D eigenvalue weighted by Crippen LogP contribution is -2.30. The standard InChI is InChI=1S/C37H30N2O6S/c1-22-6-15-30-33(16-22)46-37(39-30)25-11-13-27(14-12-25)38-36(42)32-17-26(29-21-43-31-5-3-2-4-28(31)35(29)41)18-34(45-32)44-20-24-9-7-23(19-40)8-10-24/h2-17,21,26,34,40H,18-20H2,1H3,(H,38,42)/t26-,34+/m0/s1. The zero-order valence-electron chi connectivity index (χ0n) is 24.9. The van der Waals surface area contributed by atoms with Crippen LogP contribution in [0.2, 0.25) is 0 Å². The molecule has 0 saturated heterocycles. The minimum Gasteiger partial charge on any atom is -0.464 e. The molecule has 9 heteroatoms. The van der Waals surface area contributed by atoms with Gasteiger partial charge >= 0.3 is 0 Å². The fourth-order valence-electron chi connectivity index (χ4n) is 5.46. The number of aromatic nitrogens is 1. The van der Waals surface area contributed by atoms with Crippen LogP contribution >= 0.6 is 11.3 Å². The van der Waals surface area contributed by atoms with Crippen molar-refractivity contribution in [2.75, 3.05) is 5.32 Å². The third kappa shape index (κ3) is 6.21. The van der Waals surface area contributed by atoms with E-state index in [0.29, 0.717) is 28.6 Å². The molecule has 0 radical (unpaired) electrons. The first-order valence-corrected chi connectivity index (χ1v) is 15.7. The summed E-state index contributed by atoms with van der Waals surface area (Å²) in [6.45, 7) is 2.24. The van der Waals surface area contributed by atoms with Gasteiger partial charge in [-0.1, -0.05) is 42.5 Å². The van der Waals surface area contributed by atoms with Crippen molar-refractivity contribution in [1.82, 2.24) is 4.98 Å². The molecular weight excluding hydrogens is 600 g/mol. The number of carbonyl (C=O) groups is 1. The number of para-hydroxylation sites is 1. The van der Waals surface area contributed by atoms with E-state index in [1.54, 1.807) is 35.6 Å². The summed E-state index contributed by atoms with van der Waals surface area (Å²) in [5, 5.41) is 13.6. The molecule has 7 rings (SSSR count). The van der Waals surface area contributed by atoms with Crippen LogP contribution in [0.3, 0.4) is 0 Å². The van der Waals surface area contributed by atoms with Crippen molar-refractivity contribution in [2.45, 2.75) is 38.8 Å². The maximum atomic E-state index is 13.5. The first-order valence-electron chi connectivity index (χ1n) is 14.9. The van der Waals surface area contributed by atoms with Gasteiger partial charge in [0.05, 0.1) is 35.1 Å². The fraction of sp³-hybridized carbons (Fsp3) is 0.162. The number of aliphatic hydroxyl groups excluding tert-OH is 1. The van der Waals surface area contributed by atoms with Crippen LogP contribution in [-0.2, 0) is 27.5 Å². The Morgan fingerprint density at radius 2 is 1.80 bits per heavy atom. The molecule has 3 heterocycles. The molecule has 8 nitrogen and oxygen atoms in total. The van der Waals surface area contributed by atoms with Gasteiger partial charge in [0.15, 0.2) is 11.2 Å². The molecule has 1 aliphatic heterocycles. The summed E-state index contributed by atoms with van der Waals surface area (Å²) in [5.41, 5.74) is 6.11. The third-order valence-electron chi connectivity index (χ3n) is 7.96. The second-order valence-electron chi connectivity index (χ2n) is 11.2.